The van der Waals surface area contributed by atoms with Gasteiger partial charge in [0.15, 0.2) is 9.84 Å². The van der Waals surface area contributed by atoms with Gasteiger partial charge in [0.2, 0.25) is 5.89 Å². The van der Waals surface area contributed by atoms with E-state index in [0.717, 1.165) is 37.7 Å². The largest absolute Gasteiger partial charge is 0.445 e. The second-order valence-corrected chi connectivity index (χ2v) is 11.4. The van der Waals surface area contributed by atoms with Crippen LogP contribution >= 0.6 is 0 Å². The molecule has 4 nitrogen and oxygen atoms in total. The molecular formula is C22H33NO3S. The minimum atomic E-state index is -3.01. The lowest BCUT2D eigenvalue weighted by molar-refractivity contribution is 0.477. The van der Waals surface area contributed by atoms with Gasteiger partial charge in [-0.25, -0.2) is 13.4 Å². The summed E-state index contributed by atoms with van der Waals surface area (Å²) < 4.78 is 29.1. The number of hydrogen-bond acceptors (Lipinski definition) is 4. The molecule has 0 amide bonds. The van der Waals surface area contributed by atoms with Gasteiger partial charge in [0, 0.05) is 5.56 Å². The highest BCUT2D eigenvalue weighted by molar-refractivity contribution is 7.92. The van der Waals surface area contributed by atoms with Gasteiger partial charge in [-0.3, -0.25) is 0 Å². The van der Waals surface area contributed by atoms with Crippen LogP contribution < -0.4 is 0 Å². The number of benzene rings is 1. The number of hydrogen-bond donors (Lipinski definition) is 0. The third-order valence-electron chi connectivity index (χ3n) is 5.23. The third kappa shape index (κ3) is 6.20. The first kappa shape index (κ1) is 21.7. The summed E-state index contributed by atoms with van der Waals surface area (Å²) in [6, 6.07) is 6.35. The molecule has 2 aromatic rings. The van der Waals surface area contributed by atoms with E-state index in [9.17, 15) is 8.42 Å². The van der Waals surface area contributed by atoms with E-state index >= 15 is 0 Å². The first-order chi connectivity index (χ1) is 12.6. The Morgan fingerprint density at radius 2 is 1.89 bits per heavy atom. The van der Waals surface area contributed by atoms with Gasteiger partial charge in [-0.15, -0.1) is 0 Å². The van der Waals surface area contributed by atoms with E-state index in [4.69, 9.17) is 4.42 Å². The van der Waals surface area contributed by atoms with Gasteiger partial charge in [-0.2, -0.15) is 0 Å². The van der Waals surface area contributed by atoms with Gasteiger partial charge in [-0.05, 0) is 76.1 Å². The predicted octanol–water partition coefficient (Wildman–Crippen LogP) is 5.60. The highest BCUT2D eigenvalue weighted by Gasteiger charge is 2.28. The molecule has 1 aromatic carbocycles. The number of nitrogens with zero attached hydrogens (tertiary/aromatic N) is 1. The van der Waals surface area contributed by atoms with Crippen LogP contribution in [0.4, 0.5) is 0 Å². The molecule has 0 fully saturated rings. The topological polar surface area (TPSA) is 60.2 Å². The number of unbranched alkanes of at least 4 members (excludes halogenated alkanes) is 1. The molecule has 0 aliphatic carbocycles. The van der Waals surface area contributed by atoms with Crippen molar-refractivity contribution in [2.45, 2.75) is 71.5 Å². The molecule has 0 saturated carbocycles. The molecule has 0 radical (unpaired) electrons. The van der Waals surface area contributed by atoms with Crippen molar-refractivity contribution in [1.29, 1.82) is 0 Å². The first-order valence-corrected chi connectivity index (χ1v) is 11.5. The van der Waals surface area contributed by atoms with Crippen molar-refractivity contribution in [3.05, 3.63) is 41.8 Å². The van der Waals surface area contributed by atoms with Crippen molar-refractivity contribution in [3.63, 3.8) is 0 Å². The van der Waals surface area contributed by atoms with Crippen LogP contribution in [0.15, 0.2) is 35.1 Å². The van der Waals surface area contributed by atoms with E-state index in [-0.39, 0.29) is 0 Å². The Kier molecular flexibility index (Phi) is 7.26. The van der Waals surface area contributed by atoms with Crippen molar-refractivity contribution in [2.75, 3.05) is 5.75 Å². The predicted molar refractivity (Wildman–Crippen MR) is 112 cm³/mol. The van der Waals surface area contributed by atoms with Gasteiger partial charge in [0.1, 0.15) is 6.26 Å². The number of rotatable bonds is 9. The maximum Gasteiger partial charge on any atom is 0.225 e. The third-order valence-corrected chi connectivity index (χ3v) is 7.87. The zero-order valence-electron chi connectivity index (χ0n) is 17.3. The fraction of sp³-hybridized carbons (Fsp3) is 0.591. The molecular weight excluding hydrogens is 358 g/mol. The highest BCUT2D eigenvalue weighted by Crippen LogP contribution is 2.23. The smallest absolute Gasteiger partial charge is 0.225 e. The molecule has 1 atom stereocenters. The van der Waals surface area contributed by atoms with Crippen LogP contribution in [0.3, 0.4) is 0 Å². The molecule has 0 bridgehead atoms. The molecule has 5 heteroatoms. The van der Waals surface area contributed by atoms with Gasteiger partial charge < -0.3 is 4.42 Å². The van der Waals surface area contributed by atoms with Crippen molar-refractivity contribution < 1.29 is 12.8 Å². The molecule has 27 heavy (non-hydrogen) atoms. The van der Waals surface area contributed by atoms with Crippen LogP contribution in [0.2, 0.25) is 0 Å². The molecule has 150 valence electrons. The van der Waals surface area contributed by atoms with E-state index < -0.39 is 14.6 Å². The molecule has 1 unspecified atom stereocenters. The van der Waals surface area contributed by atoms with Crippen LogP contribution in [0.25, 0.3) is 11.5 Å². The molecule has 0 spiro atoms. The standard InChI is InChI=1S/C22H33NO3S/c1-17(12-15-27(24,25)22(3,4)5)8-6-7-9-19-10-11-20(16-18(19)2)21-23-13-14-26-21/h10-11,13-14,16-17H,6-9,12,15H2,1-5H3. The van der Waals surface area contributed by atoms with Crippen LogP contribution in [0.1, 0.15) is 64.5 Å². The van der Waals surface area contributed by atoms with E-state index in [1.165, 1.54) is 11.1 Å². The Morgan fingerprint density at radius 3 is 2.48 bits per heavy atom. The molecule has 2 rings (SSSR count). The van der Waals surface area contributed by atoms with E-state index in [1.807, 2.05) is 0 Å². The van der Waals surface area contributed by atoms with Gasteiger partial charge in [-0.1, -0.05) is 25.8 Å². The Hall–Kier alpha value is -1.62. The average molecular weight is 392 g/mol. The van der Waals surface area contributed by atoms with E-state index in [2.05, 4.69) is 37.0 Å². The zero-order valence-corrected chi connectivity index (χ0v) is 18.1. The Bertz CT molecular complexity index is 818. The van der Waals surface area contributed by atoms with Crippen molar-refractivity contribution >= 4 is 9.84 Å². The van der Waals surface area contributed by atoms with Gasteiger partial charge >= 0.3 is 0 Å². The molecule has 1 heterocycles. The lowest BCUT2D eigenvalue weighted by Gasteiger charge is -2.20. The summed E-state index contributed by atoms with van der Waals surface area (Å²) in [5.41, 5.74) is 3.62. The summed E-state index contributed by atoms with van der Waals surface area (Å²) in [4.78, 5) is 4.19. The first-order valence-electron chi connectivity index (χ1n) is 9.82. The molecule has 1 aromatic heterocycles. The van der Waals surface area contributed by atoms with Gasteiger partial charge in [0.05, 0.1) is 16.7 Å². The van der Waals surface area contributed by atoms with Crippen LogP contribution in [-0.4, -0.2) is 23.9 Å². The van der Waals surface area contributed by atoms with Crippen molar-refractivity contribution in [3.8, 4) is 11.5 Å². The second kappa shape index (κ2) is 9.05. The normalized spacial score (nSPS) is 13.7. The van der Waals surface area contributed by atoms with Crippen molar-refractivity contribution in [2.24, 2.45) is 5.92 Å². The minimum absolute atomic E-state index is 0.291. The summed E-state index contributed by atoms with van der Waals surface area (Å²) in [5, 5.41) is 0. The summed E-state index contributed by atoms with van der Waals surface area (Å²) in [7, 11) is -3.01. The lowest BCUT2D eigenvalue weighted by Crippen LogP contribution is -2.30. The number of sulfone groups is 1. The van der Waals surface area contributed by atoms with Gasteiger partial charge in [0.25, 0.3) is 0 Å². The zero-order chi connectivity index (χ0) is 20.1. The summed E-state index contributed by atoms with van der Waals surface area (Å²) in [5.74, 6) is 1.39. The summed E-state index contributed by atoms with van der Waals surface area (Å²) in [6.45, 7) is 9.63. The monoisotopic (exact) mass is 391 g/mol. The van der Waals surface area contributed by atoms with Crippen molar-refractivity contribution in [1.82, 2.24) is 4.98 Å². The van der Waals surface area contributed by atoms with Crippen LogP contribution in [0.5, 0.6) is 0 Å². The molecule has 0 saturated heterocycles. The summed E-state index contributed by atoms with van der Waals surface area (Å²) in [6.07, 6.45) is 8.37. The number of oxazole rings is 1. The Balaban J connectivity index is 1.75. The lowest BCUT2D eigenvalue weighted by atomic mass is 9.96. The number of aryl methyl sites for hydroxylation is 2. The fourth-order valence-electron chi connectivity index (χ4n) is 3.09. The van der Waals surface area contributed by atoms with Crippen LogP contribution in [-0.2, 0) is 16.3 Å². The maximum absolute atomic E-state index is 12.2. The second-order valence-electron chi connectivity index (χ2n) is 8.55. The molecule has 0 aliphatic rings. The highest BCUT2D eigenvalue weighted by atomic mass is 32.2. The maximum atomic E-state index is 12.2. The average Bonchev–Trinajstić information content (AvgIpc) is 3.11. The minimum Gasteiger partial charge on any atom is -0.445 e. The SMILES string of the molecule is Cc1cc(-c2ncco2)ccc1CCCCC(C)CCS(=O)(=O)C(C)(C)C. The molecule has 0 aliphatic heterocycles. The number of aromatic nitrogens is 1. The molecule has 0 N–H and O–H groups in total. The van der Waals surface area contributed by atoms with Crippen LogP contribution in [0, 0.1) is 12.8 Å². The van der Waals surface area contributed by atoms with E-state index in [0.29, 0.717) is 17.6 Å². The Labute approximate surface area is 164 Å². The fourth-order valence-corrected chi connectivity index (χ4v) is 4.42. The van der Waals surface area contributed by atoms with E-state index in [1.54, 1.807) is 33.2 Å². The quantitative estimate of drug-likeness (QED) is 0.522. The Morgan fingerprint density at radius 1 is 1.15 bits per heavy atom. The summed E-state index contributed by atoms with van der Waals surface area (Å²) >= 11 is 0.